The minimum absolute atomic E-state index is 0.168. The van der Waals surface area contributed by atoms with Gasteiger partial charge in [-0.3, -0.25) is 9.59 Å². The van der Waals surface area contributed by atoms with Gasteiger partial charge in [-0.05, 0) is 36.4 Å². The third kappa shape index (κ3) is 2.94. The van der Waals surface area contributed by atoms with Crippen LogP contribution >= 0.6 is 0 Å². The van der Waals surface area contributed by atoms with Crippen molar-refractivity contribution in [2.24, 2.45) is 0 Å². The van der Waals surface area contributed by atoms with Gasteiger partial charge < -0.3 is 19.2 Å². The Kier molecular flexibility index (Phi) is 4.20. The first-order chi connectivity index (χ1) is 11.6. The second-order valence-electron chi connectivity index (χ2n) is 5.02. The minimum atomic E-state index is -0.323. The summed E-state index contributed by atoms with van der Waals surface area (Å²) in [6, 6.07) is 11.1. The van der Waals surface area contributed by atoms with Gasteiger partial charge >= 0.3 is 0 Å². The van der Waals surface area contributed by atoms with Gasteiger partial charge in [-0.1, -0.05) is 0 Å². The predicted octanol–water partition coefficient (Wildman–Crippen LogP) is 3.06. The van der Waals surface area contributed by atoms with Crippen LogP contribution in [0.2, 0.25) is 0 Å². The van der Waals surface area contributed by atoms with Crippen molar-refractivity contribution in [3.05, 3.63) is 64.5 Å². The normalized spacial score (nSPS) is 10.4. The van der Waals surface area contributed by atoms with E-state index >= 15 is 0 Å². The fraction of sp³-hybridized carbons (Fsp3) is 0.111. The standard InChI is InChI=1S/C18H15NO5/c1-22-16-5-3-11(9-17(16)23-2)18(21)19-12-4-6-15-13(10-12)14(20)7-8-24-15/h3-10H,1-2H3,(H,19,21). The molecular weight excluding hydrogens is 310 g/mol. The van der Waals surface area contributed by atoms with Gasteiger partial charge in [-0.2, -0.15) is 0 Å². The van der Waals surface area contributed by atoms with Gasteiger partial charge in [-0.15, -0.1) is 0 Å². The number of fused-ring (bicyclic) bond motifs is 1. The number of carbonyl (C=O) groups excluding carboxylic acids is 1. The number of ether oxygens (including phenoxy) is 2. The molecule has 0 saturated heterocycles. The van der Waals surface area contributed by atoms with Crippen LogP contribution < -0.4 is 20.2 Å². The SMILES string of the molecule is COc1ccc(C(=O)Nc2ccc3occc(=O)c3c2)cc1OC. The Bertz CT molecular complexity index is 961. The fourth-order valence-corrected chi connectivity index (χ4v) is 2.34. The van der Waals surface area contributed by atoms with E-state index in [9.17, 15) is 9.59 Å². The molecule has 1 aromatic heterocycles. The highest BCUT2D eigenvalue weighted by atomic mass is 16.5. The zero-order valence-electron chi connectivity index (χ0n) is 13.2. The van der Waals surface area contributed by atoms with Gasteiger partial charge in [0.25, 0.3) is 5.91 Å². The Morgan fingerprint density at radius 3 is 2.54 bits per heavy atom. The molecule has 2 aromatic carbocycles. The second kappa shape index (κ2) is 6.45. The maximum absolute atomic E-state index is 12.4. The summed E-state index contributed by atoms with van der Waals surface area (Å²) in [6.45, 7) is 0. The van der Waals surface area contributed by atoms with Gasteiger partial charge in [0.05, 0.1) is 25.9 Å². The molecule has 1 amide bonds. The molecule has 0 aliphatic heterocycles. The van der Waals surface area contributed by atoms with E-state index in [0.29, 0.717) is 33.7 Å². The molecule has 0 atom stereocenters. The quantitative estimate of drug-likeness (QED) is 0.797. The summed E-state index contributed by atoms with van der Waals surface area (Å²) in [5, 5.41) is 3.16. The summed E-state index contributed by atoms with van der Waals surface area (Å²) in [4.78, 5) is 24.2. The molecule has 6 heteroatoms. The highest BCUT2D eigenvalue weighted by Crippen LogP contribution is 2.28. The van der Waals surface area contributed by atoms with E-state index in [-0.39, 0.29) is 11.3 Å². The number of hydrogen-bond donors (Lipinski definition) is 1. The lowest BCUT2D eigenvalue weighted by Crippen LogP contribution is -2.12. The van der Waals surface area contributed by atoms with Crippen molar-refractivity contribution in [1.82, 2.24) is 0 Å². The molecule has 1 heterocycles. The van der Waals surface area contributed by atoms with Crippen molar-refractivity contribution in [2.45, 2.75) is 0 Å². The van der Waals surface area contributed by atoms with Gasteiger partial charge in [0.1, 0.15) is 5.58 Å². The van der Waals surface area contributed by atoms with Crippen LogP contribution in [0.1, 0.15) is 10.4 Å². The summed E-state index contributed by atoms with van der Waals surface area (Å²) >= 11 is 0. The number of methoxy groups -OCH3 is 2. The fourth-order valence-electron chi connectivity index (χ4n) is 2.34. The number of benzene rings is 2. The maximum atomic E-state index is 12.4. The zero-order chi connectivity index (χ0) is 17.1. The van der Waals surface area contributed by atoms with Crippen LogP contribution in [0.4, 0.5) is 5.69 Å². The summed E-state index contributed by atoms with van der Waals surface area (Å²) in [5.41, 5.74) is 1.21. The third-order valence-electron chi connectivity index (χ3n) is 3.56. The van der Waals surface area contributed by atoms with Crippen molar-refractivity contribution in [3.8, 4) is 11.5 Å². The molecule has 0 aliphatic rings. The molecule has 0 bridgehead atoms. The zero-order valence-corrected chi connectivity index (χ0v) is 13.2. The Balaban J connectivity index is 1.89. The maximum Gasteiger partial charge on any atom is 0.255 e. The van der Waals surface area contributed by atoms with E-state index in [4.69, 9.17) is 13.9 Å². The molecule has 1 N–H and O–H groups in total. The number of hydrogen-bond acceptors (Lipinski definition) is 5. The summed E-state index contributed by atoms with van der Waals surface area (Å²) in [6.07, 6.45) is 1.34. The molecule has 24 heavy (non-hydrogen) atoms. The molecule has 6 nitrogen and oxygen atoms in total. The summed E-state index contributed by atoms with van der Waals surface area (Å²) < 4.78 is 15.6. The second-order valence-corrected chi connectivity index (χ2v) is 5.02. The molecule has 3 rings (SSSR count). The largest absolute Gasteiger partial charge is 0.493 e. The van der Waals surface area contributed by atoms with Gasteiger partial charge in [-0.25, -0.2) is 0 Å². The monoisotopic (exact) mass is 325 g/mol. The Morgan fingerprint density at radius 2 is 1.79 bits per heavy atom. The average molecular weight is 325 g/mol. The molecule has 0 unspecified atom stereocenters. The predicted molar refractivity (Wildman–Crippen MR) is 90.0 cm³/mol. The molecular formula is C18H15NO5. The topological polar surface area (TPSA) is 77.8 Å². The first-order valence-corrected chi connectivity index (χ1v) is 7.17. The van der Waals surface area contributed by atoms with E-state index in [0.717, 1.165) is 0 Å². The van der Waals surface area contributed by atoms with Gasteiger partial charge in [0, 0.05) is 17.3 Å². The first kappa shape index (κ1) is 15.6. The van der Waals surface area contributed by atoms with E-state index in [1.807, 2.05) is 0 Å². The highest BCUT2D eigenvalue weighted by molar-refractivity contribution is 6.05. The lowest BCUT2D eigenvalue weighted by molar-refractivity contribution is 0.102. The van der Waals surface area contributed by atoms with Crippen LogP contribution in [0.15, 0.2) is 57.9 Å². The third-order valence-corrected chi connectivity index (χ3v) is 3.56. The van der Waals surface area contributed by atoms with Crippen LogP contribution in [0.25, 0.3) is 11.0 Å². The Labute approximate surface area is 137 Å². The van der Waals surface area contributed by atoms with Crippen LogP contribution in [0, 0.1) is 0 Å². The molecule has 122 valence electrons. The number of anilines is 1. The smallest absolute Gasteiger partial charge is 0.255 e. The van der Waals surface area contributed by atoms with E-state index in [1.54, 1.807) is 36.4 Å². The first-order valence-electron chi connectivity index (χ1n) is 7.17. The number of amides is 1. The van der Waals surface area contributed by atoms with Crippen LogP contribution in [0.3, 0.4) is 0 Å². The average Bonchev–Trinajstić information content (AvgIpc) is 2.61. The van der Waals surface area contributed by atoms with Crippen LogP contribution in [-0.2, 0) is 0 Å². The van der Waals surface area contributed by atoms with Gasteiger partial charge in [0.15, 0.2) is 16.9 Å². The van der Waals surface area contributed by atoms with E-state index < -0.39 is 0 Å². The molecule has 0 fully saturated rings. The molecule has 0 spiro atoms. The van der Waals surface area contributed by atoms with Crippen molar-refractivity contribution < 1.29 is 18.7 Å². The lowest BCUT2D eigenvalue weighted by Gasteiger charge is -2.10. The van der Waals surface area contributed by atoms with Gasteiger partial charge in [0.2, 0.25) is 0 Å². The molecule has 0 saturated carbocycles. The summed E-state index contributed by atoms with van der Waals surface area (Å²) in [7, 11) is 3.03. The van der Waals surface area contributed by atoms with E-state index in [1.165, 1.54) is 26.5 Å². The van der Waals surface area contributed by atoms with Crippen LogP contribution in [0.5, 0.6) is 11.5 Å². The van der Waals surface area contributed by atoms with Crippen LogP contribution in [-0.4, -0.2) is 20.1 Å². The van der Waals surface area contributed by atoms with E-state index in [2.05, 4.69) is 5.32 Å². The molecule has 3 aromatic rings. The number of nitrogens with one attached hydrogen (secondary N) is 1. The van der Waals surface area contributed by atoms with Crippen molar-refractivity contribution in [3.63, 3.8) is 0 Å². The minimum Gasteiger partial charge on any atom is -0.493 e. The number of carbonyl (C=O) groups is 1. The Morgan fingerprint density at radius 1 is 1.00 bits per heavy atom. The lowest BCUT2D eigenvalue weighted by atomic mass is 10.1. The molecule has 0 radical (unpaired) electrons. The van der Waals surface area contributed by atoms with Crippen molar-refractivity contribution in [1.29, 1.82) is 0 Å². The summed E-state index contributed by atoms with van der Waals surface area (Å²) in [5.74, 6) is 0.678. The Hall–Kier alpha value is -3.28. The molecule has 0 aliphatic carbocycles. The van der Waals surface area contributed by atoms with Crippen molar-refractivity contribution >= 4 is 22.6 Å². The highest BCUT2D eigenvalue weighted by Gasteiger charge is 2.11. The number of rotatable bonds is 4. The van der Waals surface area contributed by atoms with Crippen molar-refractivity contribution in [2.75, 3.05) is 19.5 Å².